The number of carbonyl (C=O) groups is 2. The summed E-state index contributed by atoms with van der Waals surface area (Å²) in [6.07, 6.45) is 0.885. The molecule has 2 aliphatic carbocycles. The number of hydrogen-bond donors (Lipinski definition) is 0. The van der Waals surface area contributed by atoms with E-state index in [0.717, 1.165) is 73.7 Å². The number of methoxy groups -OCH3 is 1. The number of nitrogens with zero attached hydrogens (tertiary/aromatic N) is 2. The third-order valence-electron chi connectivity index (χ3n) is 10.1. The highest BCUT2D eigenvalue weighted by molar-refractivity contribution is 6.24. The summed E-state index contributed by atoms with van der Waals surface area (Å²) >= 11 is 0. The molecule has 2 aliphatic rings. The zero-order valence-corrected chi connectivity index (χ0v) is 34.4. The Hall–Kier alpha value is -5.06. The molecule has 56 heavy (non-hydrogen) atoms. The first-order valence-corrected chi connectivity index (χ1v) is 20.1. The van der Waals surface area contributed by atoms with Crippen LogP contribution in [-0.2, 0) is 0 Å². The molecule has 0 saturated heterocycles. The Morgan fingerprint density at radius 2 is 0.875 bits per heavy atom. The maximum atomic E-state index is 13.1. The van der Waals surface area contributed by atoms with Crippen molar-refractivity contribution >= 4 is 11.6 Å². The van der Waals surface area contributed by atoms with Gasteiger partial charge in [0.1, 0.15) is 47.7 Å². The summed E-state index contributed by atoms with van der Waals surface area (Å²) in [7, 11) is 1.61. The van der Waals surface area contributed by atoms with Crippen LogP contribution in [0.3, 0.4) is 0 Å². The summed E-state index contributed by atoms with van der Waals surface area (Å²) < 4.78 is 35.1. The highest BCUT2D eigenvalue weighted by Gasteiger charge is 2.35. The van der Waals surface area contributed by atoms with Gasteiger partial charge in [0.15, 0.2) is 11.6 Å². The monoisotopic (exact) mass is 766 g/mol. The number of fused-ring (bicyclic) bond motifs is 6. The number of hydrogen-bond acceptors (Lipinski definition) is 10. The number of likely N-dealkylation sites (N-methyl/N-ethyl adjacent to an activating group) is 2. The fourth-order valence-corrected chi connectivity index (χ4v) is 7.18. The van der Waals surface area contributed by atoms with E-state index in [2.05, 4.69) is 44.4 Å². The van der Waals surface area contributed by atoms with Crippen LogP contribution in [0.2, 0.25) is 0 Å². The Bertz CT molecular complexity index is 1970. The molecule has 10 heteroatoms. The van der Waals surface area contributed by atoms with Gasteiger partial charge in [0.05, 0.1) is 26.9 Å². The van der Waals surface area contributed by atoms with Crippen molar-refractivity contribution in [2.24, 2.45) is 0 Å². The summed E-state index contributed by atoms with van der Waals surface area (Å²) in [4.78, 5) is 30.7. The third-order valence-corrected chi connectivity index (χ3v) is 10.1. The van der Waals surface area contributed by atoms with Gasteiger partial charge in [-0.25, -0.2) is 0 Å². The number of ketones is 2. The van der Waals surface area contributed by atoms with Crippen molar-refractivity contribution in [2.45, 2.75) is 54.9 Å². The number of ether oxygens (including phenoxy) is 6. The molecule has 0 aromatic heterocycles. The van der Waals surface area contributed by atoms with Crippen LogP contribution in [0.4, 0.5) is 0 Å². The topological polar surface area (TPSA) is 96.0 Å². The van der Waals surface area contributed by atoms with Crippen LogP contribution in [0.15, 0.2) is 60.7 Å². The zero-order chi connectivity index (χ0) is 40.2. The Balaban J connectivity index is 0.000000215. The first-order chi connectivity index (χ1) is 27.3. The average molecular weight is 767 g/mol. The number of benzene rings is 4. The van der Waals surface area contributed by atoms with Gasteiger partial charge in [0.2, 0.25) is 0 Å². The molecule has 0 aliphatic heterocycles. The van der Waals surface area contributed by atoms with Crippen LogP contribution in [0.5, 0.6) is 34.5 Å². The summed E-state index contributed by atoms with van der Waals surface area (Å²) in [6, 6.07) is 18.6. The van der Waals surface area contributed by atoms with Gasteiger partial charge in [-0.2, -0.15) is 0 Å². The second-order valence-corrected chi connectivity index (χ2v) is 13.4. The summed E-state index contributed by atoms with van der Waals surface area (Å²) in [5, 5.41) is 0. The lowest BCUT2D eigenvalue weighted by Gasteiger charge is -2.19. The molecule has 10 nitrogen and oxygen atoms in total. The standard InChI is InChI=1S/C24H31NO4.C22H27NO4/c1-5-13-28-21-16-17(27-8-4)15-19-23(21)22-18(24(19)26)10-9-11-20(22)29-14-12-25(6-2)7-3;1-5-23(6-2)11-12-27-18-10-8-9-16-20(18)21-17(22(16)24)13-15(26-7-3)14-19(21)25-4/h9-11,15-16H,5-8,12-14H2,1-4H3;8-10,13-14H,5-7,11-12H2,1-4H3. The van der Waals surface area contributed by atoms with Gasteiger partial charge in [-0.15, -0.1) is 0 Å². The Morgan fingerprint density at radius 3 is 1.29 bits per heavy atom. The van der Waals surface area contributed by atoms with Crippen LogP contribution < -0.4 is 28.4 Å². The minimum atomic E-state index is -0.0194. The predicted octanol–water partition coefficient (Wildman–Crippen LogP) is 8.83. The van der Waals surface area contributed by atoms with Crippen LogP contribution in [0, 0.1) is 0 Å². The van der Waals surface area contributed by atoms with E-state index in [-0.39, 0.29) is 11.6 Å². The number of rotatable bonds is 20. The average Bonchev–Trinajstić information content (AvgIpc) is 3.68. The second-order valence-electron chi connectivity index (χ2n) is 13.4. The van der Waals surface area contributed by atoms with Gasteiger partial charge < -0.3 is 38.2 Å². The highest BCUT2D eigenvalue weighted by atomic mass is 16.5. The van der Waals surface area contributed by atoms with E-state index in [1.54, 1.807) is 13.2 Å². The van der Waals surface area contributed by atoms with E-state index in [9.17, 15) is 9.59 Å². The molecular weight excluding hydrogens is 709 g/mol. The van der Waals surface area contributed by atoms with Crippen molar-refractivity contribution in [3.05, 3.63) is 82.9 Å². The molecule has 0 amide bonds. The molecule has 0 bridgehead atoms. The molecule has 0 fully saturated rings. The van der Waals surface area contributed by atoms with Crippen molar-refractivity contribution < 1.29 is 38.0 Å². The molecule has 4 aromatic rings. The lowest BCUT2D eigenvalue weighted by Crippen LogP contribution is -2.28. The SMILES string of the molecule is CCCOc1cc(OCC)cc2c1-c1c(OCCN(CC)CC)cccc1C2=O.CCOc1cc(OC)c2c(c1)C(=O)c1cccc(OCCN(CC)CC)c1-2. The quantitative estimate of drug-likeness (QED) is 0.0750. The van der Waals surface area contributed by atoms with E-state index in [1.807, 2.05) is 68.4 Å². The molecule has 0 heterocycles. The fraction of sp³-hybridized carbons (Fsp3) is 0.435. The van der Waals surface area contributed by atoms with E-state index in [1.165, 1.54) is 0 Å². The summed E-state index contributed by atoms with van der Waals surface area (Å²) in [5.74, 6) is 4.02. The van der Waals surface area contributed by atoms with Crippen LogP contribution in [-0.4, -0.2) is 101 Å². The van der Waals surface area contributed by atoms with Crippen LogP contribution >= 0.6 is 0 Å². The lowest BCUT2D eigenvalue weighted by molar-refractivity contribution is 0.103. The van der Waals surface area contributed by atoms with E-state index < -0.39 is 0 Å². The largest absolute Gasteiger partial charge is 0.496 e. The first kappa shape index (κ1) is 42.1. The fourth-order valence-electron chi connectivity index (χ4n) is 7.18. The Kier molecular flexibility index (Phi) is 15.2. The molecule has 0 spiro atoms. The van der Waals surface area contributed by atoms with E-state index in [0.29, 0.717) is 84.0 Å². The van der Waals surface area contributed by atoms with Gasteiger partial charge in [-0.1, -0.05) is 58.9 Å². The van der Waals surface area contributed by atoms with Crippen molar-refractivity contribution in [1.29, 1.82) is 0 Å². The molecule has 0 saturated carbocycles. The van der Waals surface area contributed by atoms with Crippen molar-refractivity contribution in [2.75, 3.05) is 79.4 Å². The molecule has 0 atom stereocenters. The van der Waals surface area contributed by atoms with Gasteiger partial charge in [-0.3, -0.25) is 9.59 Å². The second kappa shape index (κ2) is 20.2. The smallest absolute Gasteiger partial charge is 0.194 e. The zero-order valence-electron chi connectivity index (χ0n) is 34.4. The van der Waals surface area contributed by atoms with Crippen LogP contribution in [0.1, 0.15) is 86.7 Å². The highest BCUT2D eigenvalue weighted by Crippen LogP contribution is 2.50. The van der Waals surface area contributed by atoms with Crippen molar-refractivity contribution in [3.63, 3.8) is 0 Å². The molecule has 300 valence electrons. The lowest BCUT2D eigenvalue weighted by atomic mass is 10.0. The Labute approximate surface area is 332 Å². The molecule has 6 rings (SSSR count). The summed E-state index contributed by atoms with van der Waals surface area (Å²) in [6.45, 7) is 22.9. The maximum Gasteiger partial charge on any atom is 0.194 e. The van der Waals surface area contributed by atoms with E-state index >= 15 is 0 Å². The predicted molar refractivity (Wildman–Crippen MR) is 222 cm³/mol. The van der Waals surface area contributed by atoms with E-state index in [4.69, 9.17) is 28.4 Å². The van der Waals surface area contributed by atoms with Gasteiger partial charge >= 0.3 is 0 Å². The Morgan fingerprint density at radius 1 is 0.464 bits per heavy atom. The third kappa shape index (κ3) is 9.14. The normalized spacial score (nSPS) is 12.1. The van der Waals surface area contributed by atoms with Crippen molar-refractivity contribution in [3.8, 4) is 56.8 Å². The van der Waals surface area contributed by atoms with Gasteiger partial charge in [0, 0.05) is 69.7 Å². The minimum absolute atomic E-state index is 0.00732. The van der Waals surface area contributed by atoms with Gasteiger partial charge in [-0.05, 0) is 70.7 Å². The molecule has 0 radical (unpaired) electrons. The number of carbonyl (C=O) groups excluding carboxylic acids is 2. The summed E-state index contributed by atoms with van der Waals surface area (Å²) in [5.41, 5.74) is 5.80. The molecule has 0 unspecified atom stereocenters. The minimum Gasteiger partial charge on any atom is -0.496 e. The molecule has 4 aromatic carbocycles. The molecular formula is C46H58N2O8. The van der Waals surface area contributed by atoms with Gasteiger partial charge in [0.25, 0.3) is 0 Å². The first-order valence-electron chi connectivity index (χ1n) is 20.1. The maximum absolute atomic E-state index is 13.1. The molecule has 0 N–H and O–H groups in total. The van der Waals surface area contributed by atoms with Crippen molar-refractivity contribution in [1.82, 2.24) is 9.80 Å². The van der Waals surface area contributed by atoms with Crippen LogP contribution in [0.25, 0.3) is 22.3 Å².